The van der Waals surface area contributed by atoms with Crippen molar-refractivity contribution >= 4 is 39.9 Å². The van der Waals surface area contributed by atoms with E-state index in [4.69, 9.17) is 5.11 Å². The molecule has 0 aliphatic heterocycles. The summed E-state index contributed by atoms with van der Waals surface area (Å²) in [6, 6.07) is 4.63. The van der Waals surface area contributed by atoms with Crippen LogP contribution in [0.1, 0.15) is 12.8 Å². The molecule has 0 aliphatic rings. The highest BCUT2D eigenvalue weighted by atomic mass is 127. The fourth-order valence-corrected chi connectivity index (χ4v) is 2.42. The van der Waals surface area contributed by atoms with E-state index in [0.717, 1.165) is 9.26 Å². The second kappa shape index (κ2) is 6.53. The molecule has 1 aromatic carbocycles. The summed E-state index contributed by atoms with van der Waals surface area (Å²) in [6.45, 7) is 0.597. The highest BCUT2D eigenvalue weighted by Crippen LogP contribution is 2.26. The van der Waals surface area contributed by atoms with Gasteiger partial charge in [-0.05, 0) is 35.1 Å². The van der Waals surface area contributed by atoms with E-state index in [2.05, 4.69) is 0 Å². The topological polar surface area (TPSA) is 83.7 Å². The van der Waals surface area contributed by atoms with E-state index in [9.17, 15) is 14.9 Å². The van der Waals surface area contributed by atoms with Gasteiger partial charge in [0.05, 0.1) is 10.6 Å². The van der Waals surface area contributed by atoms with Crippen molar-refractivity contribution in [1.82, 2.24) is 0 Å². The number of anilines is 1. The zero-order chi connectivity index (χ0) is 13.7. The van der Waals surface area contributed by atoms with Gasteiger partial charge >= 0.3 is 5.97 Å². The molecule has 0 atom stereocenters. The molecule has 0 unspecified atom stereocenters. The van der Waals surface area contributed by atoms with Crippen LogP contribution in [0.4, 0.5) is 11.4 Å². The van der Waals surface area contributed by atoms with Gasteiger partial charge in [-0.3, -0.25) is 14.9 Å². The number of rotatable bonds is 6. The number of benzene rings is 1. The Bertz CT molecular complexity index is 464. The van der Waals surface area contributed by atoms with Gasteiger partial charge in [-0.25, -0.2) is 0 Å². The summed E-state index contributed by atoms with van der Waals surface area (Å²) in [7, 11) is 1.84. The average molecular weight is 364 g/mol. The Hall–Kier alpha value is -1.38. The summed E-state index contributed by atoms with van der Waals surface area (Å²) in [6.07, 6.45) is 0.660. The number of hydrogen-bond acceptors (Lipinski definition) is 4. The van der Waals surface area contributed by atoms with E-state index in [-0.39, 0.29) is 12.1 Å². The SMILES string of the molecule is CN(CCCC(=O)O)c1ccc([N+](=O)[O-])cc1I. The minimum Gasteiger partial charge on any atom is -0.481 e. The third kappa shape index (κ3) is 4.13. The number of aliphatic carboxylic acids is 1. The molecular weight excluding hydrogens is 351 g/mol. The molecule has 0 radical (unpaired) electrons. The highest BCUT2D eigenvalue weighted by Gasteiger charge is 2.11. The van der Waals surface area contributed by atoms with Crippen LogP contribution < -0.4 is 4.90 Å². The van der Waals surface area contributed by atoms with E-state index in [1.54, 1.807) is 6.07 Å². The summed E-state index contributed by atoms with van der Waals surface area (Å²) in [5, 5.41) is 19.2. The maximum atomic E-state index is 10.6. The van der Waals surface area contributed by atoms with E-state index in [1.165, 1.54) is 12.1 Å². The molecule has 1 N–H and O–H groups in total. The summed E-state index contributed by atoms with van der Waals surface area (Å²) in [5.74, 6) is -0.818. The molecule has 0 fully saturated rings. The second-order valence-electron chi connectivity index (χ2n) is 3.81. The smallest absolute Gasteiger partial charge is 0.303 e. The zero-order valence-electron chi connectivity index (χ0n) is 9.80. The van der Waals surface area contributed by atoms with Crippen LogP contribution in [0.15, 0.2) is 18.2 Å². The van der Waals surface area contributed by atoms with Crippen LogP contribution in [0.3, 0.4) is 0 Å². The molecule has 0 aliphatic carbocycles. The van der Waals surface area contributed by atoms with Gasteiger partial charge in [0.2, 0.25) is 0 Å². The van der Waals surface area contributed by atoms with Gasteiger partial charge in [-0.15, -0.1) is 0 Å². The van der Waals surface area contributed by atoms with Crippen molar-refractivity contribution in [3.05, 3.63) is 31.9 Å². The average Bonchev–Trinajstić information content (AvgIpc) is 2.27. The maximum absolute atomic E-state index is 10.6. The summed E-state index contributed by atoms with van der Waals surface area (Å²) in [5.41, 5.74) is 0.925. The molecule has 1 rings (SSSR count). The third-order valence-electron chi connectivity index (χ3n) is 2.44. The molecule has 0 bridgehead atoms. The Kier molecular flexibility index (Phi) is 5.32. The van der Waals surface area contributed by atoms with E-state index >= 15 is 0 Å². The van der Waals surface area contributed by atoms with Crippen molar-refractivity contribution in [2.45, 2.75) is 12.8 Å². The molecule has 6 nitrogen and oxygen atoms in total. The fourth-order valence-electron chi connectivity index (χ4n) is 1.51. The van der Waals surface area contributed by atoms with Crippen molar-refractivity contribution in [3.8, 4) is 0 Å². The zero-order valence-corrected chi connectivity index (χ0v) is 12.0. The molecule has 0 aromatic heterocycles. The van der Waals surface area contributed by atoms with Crippen molar-refractivity contribution in [3.63, 3.8) is 0 Å². The largest absolute Gasteiger partial charge is 0.481 e. The summed E-state index contributed by atoms with van der Waals surface area (Å²) >= 11 is 2.04. The first-order valence-electron chi connectivity index (χ1n) is 5.28. The van der Waals surface area contributed by atoms with E-state index in [0.29, 0.717) is 13.0 Å². The molecule has 0 spiro atoms. The molecule has 18 heavy (non-hydrogen) atoms. The standard InChI is InChI=1S/C11H13IN2O4/c1-13(6-2-3-11(15)16)10-5-4-8(14(17)18)7-9(10)12/h4-5,7H,2-3,6H2,1H3,(H,15,16). The van der Waals surface area contributed by atoms with Gasteiger partial charge in [-0.1, -0.05) is 0 Å². The molecule has 1 aromatic rings. The highest BCUT2D eigenvalue weighted by molar-refractivity contribution is 14.1. The molecule has 0 amide bonds. The molecule has 98 valence electrons. The van der Waals surface area contributed by atoms with Gasteiger partial charge in [0, 0.05) is 35.7 Å². The number of carboxylic acids is 1. The monoisotopic (exact) mass is 364 g/mol. The maximum Gasteiger partial charge on any atom is 0.303 e. The third-order valence-corrected chi connectivity index (χ3v) is 3.30. The number of non-ortho nitro benzene ring substituents is 1. The molecular formula is C11H13IN2O4. The van der Waals surface area contributed by atoms with Gasteiger partial charge in [0.15, 0.2) is 0 Å². The van der Waals surface area contributed by atoms with E-state index < -0.39 is 10.9 Å². The van der Waals surface area contributed by atoms with Crippen LogP contribution in [-0.2, 0) is 4.79 Å². The van der Waals surface area contributed by atoms with Gasteiger partial charge in [-0.2, -0.15) is 0 Å². The van der Waals surface area contributed by atoms with Crippen LogP contribution in [-0.4, -0.2) is 29.6 Å². The van der Waals surface area contributed by atoms with Crippen LogP contribution in [0.2, 0.25) is 0 Å². The fraction of sp³-hybridized carbons (Fsp3) is 0.364. The molecule has 7 heteroatoms. The Morgan fingerprint density at radius 3 is 2.72 bits per heavy atom. The van der Waals surface area contributed by atoms with Crippen LogP contribution >= 0.6 is 22.6 Å². The Balaban J connectivity index is 2.71. The number of carboxylic acid groups (broad SMARTS) is 1. The number of nitro benzene ring substituents is 1. The normalized spacial score (nSPS) is 10.1. The van der Waals surface area contributed by atoms with Crippen molar-refractivity contribution in [2.24, 2.45) is 0 Å². The second-order valence-corrected chi connectivity index (χ2v) is 4.97. The van der Waals surface area contributed by atoms with E-state index in [1.807, 2.05) is 34.5 Å². The number of halogens is 1. The predicted molar refractivity (Wildman–Crippen MR) is 76.0 cm³/mol. The lowest BCUT2D eigenvalue weighted by atomic mass is 10.2. The molecule has 0 heterocycles. The Labute approximate surface area is 118 Å². The van der Waals surface area contributed by atoms with Crippen molar-refractivity contribution < 1.29 is 14.8 Å². The van der Waals surface area contributed by atoms with Gasteiger partial charge < -0.3 is 10.0 Å². The summed E-state index contributed by atoms with van der Waals surface area (Å²) < 4.78 is 0.777. The summed E-state index contributed by atoms with van der Waals surface area (Å²) in [4.78, 5) is 22.5. The Morgan fingerprint density at radius 2 is 2.22 bits per heavy atom. The number of nitro groups is 1. The minimum atomic E-state index is -0.818. The van der Waals surface area contributed by atoms with Crippen molar-refractivity contribution in [1.29, 1.82) is 0 Å². The van der Waals surface area contributed by atoms with Crippen LogP contribution in [0.25, 0.3) is 0 Å². The number of nitrogens with zero attached hydrogens (tertiary/aromatic N) is 2. The predicted octanol–water partition coefficient (Wildman–Crippen LogP) is 2.50. The minimum absolute atomic E-state index is 0.0575. The first-order chi connectivity index (χ1) is 8.41. The molecule has 0 saturated carbocycles. The van der Waals surface area contributed by atoms with Gasteiger partial charge in [0.1, 0.15) is 0 Å². The lowest BCUT2D eigenvalue weighted by Crippen LogP contribution is -2.20. The Morgan fingerprint density at radius 1 is 1.56 bits per heavy atom. The van der Waals surface area contributed by atoms with Crippen LogP contribution in [0.5, 0.6) is 0 Å². The lowest BCUT2D eigenvalue weighted by Gasteiger charge is -2.20. The van der Waals surface area contributed by atoms with Gasteiger partial charge in [0.25, 0.3) is 5.69 Å². The van der Waals surface area contributed by atoms with Crippen molar-refractivity contribution in [2.75, 3.05) is 18.5 Å². The van der Waals surface area contributed by atoms with Crippen LogP contribution in [0, 0.1) is 13.7 Å². The number of carbonyl (C=O) groups is 1. The lowest BCUT2D eigenvalue weighted by molar-refractivity contribution is -0.384. The molecule has 0 saturated heterocycles. The first-order valence-corrected chi connectivity index (χ1v) is 6.36. The quantitative estimate of drug-likeness (QED) is 0.476. The first kappa shape index (κ1) is 14.7. The number of hydrogen-bond donors (Lipinski definition) is 1.